The van der Waals surface area contributed by atoms with E-state index in [1.54, 1.807) is 44.4 Å². The third kappa shape index (κ3) is 3.44. The number of hydrogen-bond acceptors (Lipinski definition) is 5. The first-order valence-electron chi connectivity index (χ1n) is 9.88. The highest BCUT2D eigenvalue weighted by Gasteiger charge is 2.27. The number of benzene rings is 1. The van der Waals surface area contributed by atoms with Crippen molar-refractivity contribution in [2.24, 2.45) is 5.92 Å². The van der Waals surface area contributed by atoms with Crippen LogP contribution >= 0.6 is 11.3 Å². The van der Waals surface area contributed by atoms with E-state index in [0.29, 0.717) is 28.6 Å². The fraction of sp³-hybridized carbons (Fsp3) is 0.409. The predicted molar refractivity (Wildman–Crippen MR) is 116 cm³/mol. The molecule has 2 heterocycles. The molecule has 0 aliphatic heterocycles. The molecule has 29 heavy (non-hydrogen) atoms. The average Bonchev–Trinajstić information content (AvgIpc) is 3.05. The summed E-state index contributed by atoms with van der Waals surface area (Å²) in [6.45, 7) is 5.76. The second kappa shape index (κ2) is 7.63. The number of carbonyl (C=O) groups excluding carboxylic acids is 1. The van der Waals surface area contributed by atoms with Crippen molar-refractivity contribution >= 4 is 33.1 Å². The summed E-state index contributed by atoms with van der Waals surface area (Å²) in [5, 5.41) is 3.57. The number of aromatic nitrogens is 2. The summed E-state index contributed by atoms with van der Waals surface area (Å²) in [5.74, 6) is 1.48. The molecule has 0 bridgehead atoms. The number of amides is 1. The normalized spacial score (nSPS) is 17.0. The van der Waals surface area contributed by atoms with Gasteiger partial charge in [-0.1, -0.05) is 19.1 Å². The second-order valence-electron chi connectivity index (χ2n) is 7.73. The quantitative estimate of drug-likeness (QED) is 0.701. The summed E-state index contributed by atoms with van der Waals surface area (Å²) in [7, 11) is 1.56. The van der Waals surface area contributed by atoms with Crippen molar-refractivity contribution in [2.45, 2.75) is 46.1 Å². The Morgan fingerprint density at radius 2 is 2.14 bits per heavy atom. The third-order valence-corrected chi connectivity index (χ3v) is 6.82. The van der Waals surface area contributed by atoms with Gasteiger partial charge in [0.2, 0.25) is 5.91 Å². The zero-order valence-electron chi connectivity index (χ0n) is 17.1. The summed E-state index contributed by atoms with van der Waals surface area (Å²) in [4.78, 5) is 33.1. The largest absolute Gasteiger partial charge is 0.495 e. The summed E-state index contributed by atoms with van der Waals surface area (Å²) in [6, 6.07) is 6.53. The van der Waals surface area contributed by atoms with Gasteiger partial charge in [-0.15, -0.1) is 11.3 Å². The van der Waals surface area contributed by atoms with Crippen LogP contribution in [0.2, 0.25) is 0 Å². The van der Waals surface area contributed by atoms with Gasteiger partial charge in [-0.05, 0) is 56.7 Å². The number of hydrogen-bond donors (Lipinski definition) is 1. The number of fused-ring (bicyclic) bond motifs is 3. The fourth-order valence-corrected chi connectivity index (χ4v) is 5.48. The number of nitrogens with zero attached hydrogens (tertiary/aromatic N) is 2. The molecule has 2 unspecified atom stereocenters. The van der Waals surface area contributed by atoms with Crippen molar-refractivity contribution < 1.29 is 9.53 Å². The maximum atomic E-state index is 13.4. The molecule has 1 aromatic carbocycles. The lowest BCUT2D eigenvalue weighted by atomic mass is 9.89. The van der Waals surface area contributed by atoms with Gasteiger partial charge in [0.05, 0.1) is 18.2 Å². The molecule has 0 radical (unpaired) electrons. The molecule has 152 valence electrons. The molecule has 0 spiro atoms. The average molecular weight is 412 g/mol. The molecule has 2 aromatic heterocycles. The first-order valence-corrected chi connectivity index (χ1v) is 10.7. The smallest absolute Gasteiger partial charge is 0.263 e. The number of thiophene rings is 1. The van der Waals surface area contributed by atoms with Crippen LogP contribution in [0.15, 0.2) is 29.1 Å². The Balaban J connectivity index is 1.73. The SMILES string of the molecule is COc1ccccc1NC(=O)C(C)n1c(C)nc2sc3c(c2c1=O)CCC(C)C3. The standard InChI is InChI=1S/C22H25N3O3S/c1-12-9-10-15-18(11-12)29-21-19(15)22(27)25(14(3)23-21)13(2)20(26)24-16-7-5-6-8-17(16)28-4/h5-8,12-13H,9-11H2,1-4H3,(H,24,26). The Morgan fingerprint density at radius 1 is 1.38 bits per heavy atom. The van der Waals surface area contributed by atoms with Crippen molar-refractivity contribution in [3.8, 4) is 5.75 Å². The molecule has 1 aliphatic rings. The second-order valence-corrected chi connectivity index (χ2v) is 8.82. The van der Waals surface area contributed by atoms with E-state index in [4.69, 9.17) is 4.74 Å². The Hall–Kier alpha value is -2.67. The Kier molecular flexibility index (Phi) is 5.17. The van der Waals surface area contributed by atoms with E-state index in [0.717, 1.165) is 29.7 Å². The van der Waals surface area contributed by atoms with E-state index in [-0.39, 0.29) is 11.5 Å². The van der Waals surface area contributed by atoms with Gasteiger partial charge in [-0.2, -0.15) is 0 Å². The van der Waals surface area contributed by atoms with Gasteiger partial charge >= 0.3 is 0 Å². The molecule has 4 rings (SSSR count). The molecule has 1 aliphatic carbocycles. The number of aryl methyl sites for hydroxylation is 2. The highest BCUT2D eigenvalue weighted by Crippen LogP contribution is 2.36. The molecule has 0 saturated carbocycles. The first-order chi connectivity index (χ1) is 13.9. The van der Waals surface area contributed by atoms with Crippen LogP contribution in [0.1, 0.15) is 42.6 Å². The lowest BCUT2D eigenvalue weighted by molar-refractivity contribution is -0.118. The molecular weight excluding hydrogens is 386 g/mol. The van der Waals surface area contributed by atoms with E-state index < -0.39 is 6.04 Å². The Morgan fingerprint density at radius 3 is 2.90 bits per heavy atom. The highest BCUT2D eigenvalue weighted by atomic mass is 32.1. The predicted octanol–water partition coefficient (Wildman–Crippen LogP) is 4.10. The lowest BCUT2D eigenvalue weighted by Gasteiger charge is -2.19. The zero-order chi connectivity index (χ0) is 20.7. The van der Waals surface area contributed by atoms with Crippen molar-refractivity contribution in [1.82, 2.24) is 9.55 Å². The van der Waals surface area contributed by atoms with E-state index in [2.05, 4.69) is 17.2 Å². The van der Waals surface area contributed by atoms with E-state index in [9.17, 15) is 9.59 Å². The van der Waals surface area contributed by atoms with Crippen LogP contribution < -0.4 is 15.6 Å². The van der Waals surface area contributed by atoms with E-state index in [1.165, 1.54) is 9.44 Å². The molecule has 3 aromatic rings. The van der Waals surface area contributed by atoms with Gasteiger partial charge < -0.3 is 10.1 Å². The van der Waals surface area contributed by atoms with Crippen LogP contribution in [0, 0.1) is 12.8 Å². The molecular formula is C22H25N3O3S. The Labute approximate surface area is 173 Å². The lowest BCUT2D eigenvalue weighted by Crippen LogP contribution is -2.34. The van der Waals surface area contributed by atoms with Gasteiger partial charge in [0.15, 0.2) is 0 Å². The number of rotatable bonds is 4. The van der Waals surface area contributed by atoms with Crippen LogP contribution in [0.5, 0.6) is 5.75 Å². The van der Waals surface area contributed by atoms with Gasteiger partial charge in [0, 0.05) is 4.88 Å². The van der Waals surface area contributed by atoms with Gasteiger partial charge in [-0.25, -0.2) is 4.98 Å². The number of nitrogens with one attached hydrogen (secondary N) is 1. The minimum Gasteiger partial charge on any atom is -0.495 e. The van der Waals surface area contributed by atoms with Crippen molar-refractivity contribution in [1.29, 1.82) is 0 Å². The zero-order valence-corrected chi connectivity index (χ0v) is 17.9. The van der Waals surface area contributed by atoms with E-state index >= 15 is 0 Å². The van der Waals surface area contributed by atoms with Gasteiger partial charge in [0.25, 0.3) is 5.56 Å². The first kappa shape index (κ1) is 19.6. The Bertz CT molecular complexity index is 1150. The summed E-state index contributed by atoms with van der Waals surface area (Å²) in [6.07, 6.45) is 2.98. The fourth-order valence-electron chi connectivity index (χ4n) is 4.06. The number of anilines is 1. The van der Waals surface area contributed by atoms with Gasteiger partial charge in [0.1, 0.15) is 22.4 Å². The summed E-state index contributed by atoms with van der Waals surface area (Å²) < 4.78 is 6.82. The maximum Gasteiger partial charge on any atom is 0.263 e. The number of ether oxygens (including phenoxy) is 1. The number of methoxy groups -OCH3 is 1. The van der Waals surface area contributed by atoms with Crippen molar-refractivity contribution in [2.75, 3.05) is 12.4 Å². The third-order valence-electron chi connectivity index (χ3n) is 5.67. The van der Waals surface area contributed by atoms with Crippen LogP contribution in [0.3, 0.4) is 0 Å². The van der Waals surface area contributed by atoms with Crippen LogP contribution in [-0.4, -0.2) is 22.6 Å². The molecule has 2 atom stereocenters. The summed E-state index contributed by atoms with van der Waals surface area (Å²) >= 11 is 1.63. The maximum absolute atomic E-state index is 13.4. The van der Waals surface area contributed by atoms with Crippen LogP contribution in [-0.2, 0) is 17.6 Å². The monoisotopic (exact) mass is 411 g/mol. The molecule has 7 heteroatoms. The minimum atomic E-state index is -0.692. The molecule has 0 saturated heterocycles. The highest BCUT2D eigenvalue weighted by molar-refractivity contribution is 7.18. The minimum absolute atomic E-state index is 0.123. The van der Waals surface area contributed by atoms with E-state index in [1.807, 2.05) is 12.1 Å². The topological polar surface area (TPSA) is 73.2 Å². The van der Waals surface area contributed by atoms with Crippen LogP contribution in [0.25, 0.3) is 10.2 Å². The number of para-hydroxylation sites is 2. The van der Waals surface area contributed by atoms with Crippen LogP contribution in [0.4, 0.5) is 5.69 Å². The molecule has 0 fully saturated rings. The molecule has 1 amide bonds. The summed E-state index contributed by atoms with van der Waals surface area (Å²) in [5.41, 5.74) is 1.59. The van der Waals surface area contributed by atoms with Gasteiger partial charge in [-0.3, -0.25) is 14.2 Å². The van der Waals surface area contributed by atoms with Crippen molar-refractivity contribution in [3.63, 3.8) is 0 Å². The molecule has 1 N–H and O–H groups in total. The molecule has 6 nitrogen and oxygen atoms in total. The van der Waals surface area contributed by atoms with Crippen molar-refractivity contribution in [3.05, 3.63) is 50.9 Å². The number of carbonyl (C=O) groups is 1.